The minimum absolute atomic E-state index is 0.379. The molecule has 0 radical (unpaired) electrons. The van der Waals surface area contributed by atoms with Gasteiger partial charge in [0, 0.05) is 37.6 Å². The number of hydrogen-bond donors (Lipinski definition) is 1. The molecule has 2 aromatic rings. The lowest BCUT2D eigenvalue weighted by Gasteiger charge is -2.34. The Kier molecular flexibility index (Phi) is 6.91. The fourth-order valence-corrected chi connectivity index (χ4v) is 4.91. The van der Waals surface area contributed by atoms with Gasteiger partial charge in [0.05, 0.1) is 11.9 Å². The third-order valence-electron chi connectivity index (χ3n) is 5.84. The number of carbonyl (C=O) groups is 1. The summed E-state index contributed by atoms with van der Waals surface area (Å²) < 4.78 is 26.2. The average molecular weight is 445 g/mol. The fourth-order valence-electron chi connectivity index (χ4n) is 3.74. The highest BCUT2D eigenvalue weighted by molar-refractivity contribution is 7.92. The SMILES string of the molecule is Cc1ccc(N([C@H](C)C(=O)Nc2ccc(N3CCN(C)CC3)cc2)S(C)(=O)=O)cc1C. The Hall–Kier alpha value is -2.58. The first-order chi connectivity index (χ1) is 14.6. The van der Waals surface area contributed by atoms with Crippen LogP contribution in [0.4, 0.5) is 17.1 Å². The summed E-state index contributed by atoms with van der Waals surface area (Å²) in [5.41, 5.74) is 4.28. The van der Waals surface area contributed by atoms with Crippen molar-refractivity contribution in [1.82, 2.24) is 4.90 Å². The molecule has 1 saturated heterocycles. The Labute approximate surface area is 185 Å². The van der Waals surface area contributed by atoms with Crippen molar-refractivity contribution < 1.29 is 13.2 Å². The fraction of sp³-hybridized carbons (Fsp3) is 0.435. The van der Waals surface area contributed by atoms with Gasteiger partial charge in [0.15, 0.2) is 0 Å². The number of benzene rings is 2. The van der Waals surface area contributed by atoms with E-state index in [9.17, 15) is 13.2 Å². The highest BCUT2D eigenvalue weighted by Crippen LogP contribution is 2.25. The van der Waals surface area contributed by atoms with E-state index in [-0.39, 0.29) is 5.91 Å². The topological polar surface area (TPSA) is 73.0 Å². The van der Waals surface area contributed by atoms with Crippen LogP contribution in [0.3, 0.4) is 0 Å². The monoisotopic (exact) mass is 444 g/mol. The third-order valence-corrected chi connectivity index (χ3v) is 7.08. The quantitative estimate of drug-likeness (QED) is 0.742. The van der Waals surface area contributed by atoms with Crippen molar-refractivity contribution in [3.8, 4) is 0 Å². The number of carbonyl (C=O) groups excluding carboxylic acids is 1. The van der Waals surface area contributed by atoms with Crippen LogP contribution in [0.15, 0.2) is 42.5 Å². The van der Waals surface area contributed by atoms with Gasteiger partial charge in [0.2, 0.25) is 15.9 Å². The molecule has 31 heavy (non-hydrogen) atoms. The lowest BCUT2D eigenvalue weighted by Crippen LogP contribution is -2.45. The molecule has 0 unspecified atom stereocenters. The second-order valence-corrected chi connectivity index (χ2v) is 10.2. The summed E-state index contributed by atoms with van der Waals surface area (Å²) in [4.78, 5) is 17.5. The van der Waals surface area contributed by atoms with E-state index in [1.807, 2.05) is 44.2 Å². The minimum atomic E-state index is -3.65. The predicted octanol–water partition coefficient (Wildman–Crippen LogP) is 2.85. The second kappa shape index (κ2) is 9.28. The minimum Gasteiger partial charge on any atom is -0.369 e. The summed E-state index contributed by atoms with van der Waals surface area (Å²) in [5.74, 6) is -0.379. The van der Waals surface area contributed by atoms with E-state index in [1.165, 1.54) is 4.31 Å². The molecule has 0 aliphatic carbocycles. The summed E-state index contributed by atoms with van der Waals surface area (Å²) >= 11 is 0. The van der Waals surface area contributed by atoms with Crippen molar-refractivity contribution in [1.29, 1.82) is 0 Å². The largest absolute Gasteiger partial charge is 0.369 e. The second-order valence-electron chi connectivity index (χ2n) is 8.33. The Balaban J connectivity index is 1.74. The molecule has 1 heterocycles. The Bertz CT molecular complexity index is 1030. The van der Waals surface area contributed by atoms with Gasteiger partial charge in [-0.25, -0.2) is 8.42 Å². The molecule has 8 heteroatoms. The smallest absolute Gasteiger partial charge is 0.247 e. The molecule has 3 rings (SSSR count). The van der Waals surface area contributed by atoms with Crippen molar-refractivity contribution in [3.63, 3.8) is 0 Å². The van der Waals surface area contributed by atoms with E-state index in [0.29, 0.717) is 11.4 Å². The van der Waals surface area contributed by atoms with Gasteiger partial charge in [0.1, 0.15) is 6.04 Å². The van der Waals surface area contributed by atoms with Gasteiger partial charge in [-0.2, -0.15) is 0 Å². The Morgan fingerprint density at radius 2 is 1.61 bits per heavy atom. The van der Waals surface area contributed by atoms with Gasteiger partial charge in [-0.15, -0.1) is 0 Å². The number of likely N-dealkylation sites (N-methyl/N-ethyl adjacent to an activating group) is 1. The number of aryl methyl sites for hydroxylation is 2. The van der Waals surface area contributed by atoms with E-state index in [0.717, 1.165) is 49.2 Å². The lowest BCUT2D eigenvalue weighted by molar-refractivity contribution is -0.116. The number of rotatable bonds is 6. The molecule has 0 bridgehead atoms. The zero-order valence-corrected chi connectivity index (χ0v) is 19.7. The maximum Gasteiger partial charge on any atom is 0.247 e. The molecule has 0 spiro atoms. The van der Waals surface area contributed by atoms with Crippen LogP contribution in [-0.2, 0) is 14.8 Å². The standard InChI is InChI=1S/C23H32N4O3S/c1-17-6-9-22(16-18(17)2)27(31(5,29)30)19(3)23(28)24-20-7-10-21(11-8-20)26-14-12-25(4)13-15-26/h6-11,16,19H,12-15H2,1-5H3,(H,24,28)/t19-/m1/s1. The zero-order valence-electron chi connectivity index (χ0n) is 18.9. The number of nitrogens with zero attached hydrogens (tertiary/aromatic N) is 3. The molecular weight excluding hydrogens is 412 g/mol. The zero-order chi connectivity index (χ0) is 22.8. The number of anilines is 3. The highest BCUT2D eigenvalue weighted by Gasteiger charge is 2.29. The molecule has 1 atom stereocenters. The van der Waals surface area contributed by atoms with E-state index in [1.54, 1.807) is 19.1 Å². The van der Waals surface area contributed by atoms with Crippen LogP contribution in [0.2, 0.25) is 0 Å². The maximum absolute atomic E-state index is 12.9. The summed E-state index contributed by atoms with van der Waals surface area (Å²) in [5, 5.41) is 2.86. The molecule has 2 aromatic carbocycles. The lowest BCUT2D eigenvalue weighted by atomic mass is 10.1. The van der Waals surface area contributed by atoms with Crippen LogP contribution >= 0.6 is 0 Å². The first kappa shape index (κ1) is 23.1. The summed E-state index contributed by atoms with van der Waals surface area (Å²) in [6, 6.07) is 12.2. The molecule has 1 N–H and O–H groups in total. The van der Waals surface area contributed by atoms with Gasteiger partial charge >= 0.3 is 0 Å². The molecule has 1 aliphatic rings. The van der Waals surface area contributed by atoms with Gasteiger partial charge in [0.25, 0.3) is 0 Å². The highest BCUT2D eigenvalue weighted by atomic mass is 32.2. The van der Waals surface area contributed by atoms with E-state index < -0.39 is 16.1 Å². The van der Waals surface area contributed by atoms with Crippen LogP contribution in [-0.4, -0.2) is 64.7 Å². The number of hydrogen-bond acceptors (Lipinski definition) is 5. The number of nitrogens with one attached hydrogen (secondary N) is 1. The molecule has 7 nitrogen and oxygen atoms in total. The molecule has 1 amide bonds. The number of sulfonamides is 1. The molecule has 0 saturated carbocycles. The van der Waals surface area contributed by atoms with Crippen LogP contribution in [0.25, 0.3) is 0 Å². The average Bonchev–Trinajstić information content (AvgIpc) is 2.71. The molecule has 0 aromatic heterocycles. The molecule has 1 fully saturated rings. The maximum atomic E-state index is 12.9. The first-order valence-corrected chi connectivity index (χ1v) is 12.3. The van der Waals surface area contributed by atoms with Gasteiger partial charge in [-0.3, -0.25) is 9.10 Å². The van der Waals surface area contributed by atoms with Crippen molar-refractivity contribution in [2.24, 2.45) is 0 Å². The molecule has 168 valence electrons. The van der Waals surface area contributed by atoms with E-state index in [4.69, 9.17) is 0 Å². The summed E-state index contributed by atoms with van der Waals surface area (Å²) in [7, 11) is -1.53. The van der Waals surface area contributed by atoms with Gasteiger partial charge in [-0.05, 0) is 75.3 Å². The van der Waals surface area contributed by atoms with Crippen molar-refractivity contribution in [2.75, 3.05) is 54.0 Å². The normalized spacial score (nSPS) is 16.1. The Morgan fingerprint density at radius 1 is 1.00 bits per heavy atom. The van der Waals surface area contributed by atoms with Crippen LogP contribution in [0, 0.1) is 13.8 Å². The van der Waals surface area contributed by atoms with Crippen LogP contribution < -0.4 is 14.5 Å². The van der Waals surface area contributed by atoms with Crippen LogP contribution in [0.5, 0.6) is 0 Å². The summed E-state index contributed by atoms with van der Waals surface area (Å²) in [6.07, 6.45) is 1.12. The van der Waals surface area contributed by atoms with Gasteiger partial charge < -0.3 is 15.1 Å². The number of amides is 1. The Morgan fingerprint density at radius 3 is 2.16 bits per heavy atom. The first-order valence-electron chi connectivity index (χ1n) is 10.5. The molecular formula is C23H32N4O3S. The summed E-state index contributed by atoms with van der Waals surface area (Å²) in [6.45, 7) is 9.48. The third kappa shape index (κ3) is 5.57. The van der Waals surface area contributed by atoms with Crippen molar-refractivity contribution in [3.05, 3.63) is 53.6 Å². The van der Waals surface area contributed by atoms with Crippen LogP contribution in [0.1, 0.15) is 18.1 Å². The van der Waals surface area contributed by atoms with E-state index in [2.05, 4.69) is 22.2 Å². The molecule has 1 aliphatic heterocycles. The van der Waals surface area contributed by atoms with Gasteiger partial charge in [-0.1, -0.05) is 6.07 Å². The van der Waals surface area contributed by atoms with Crippen molar-refractivity contribution in [2.45, 2.75) is 26.8 Å². The van der Waals surface area contributed by atoms with Crippen molar-refractivity contribution >= 4 is 33.0 Å². The number of piperazine rings is 1. The van der Waals surface area contributed by atoms with E-state index >= 15 is 0 Å². The predicted molar refractivity (Wildman–Crippen MR) is 127 cm³/mol.